The Bertz CT molecular complexity index is 223. The molecule has 0 amide bonds. The first-order valence-electron chi connectivity index (χ1n) is 6.55. The van der Waals surface area contributed by atoms with Crippen molar-refractivity contribution in [1.82, 2.24) is 10.2 Å². The summed E-state index contributed by atoms with van der Waals surface area (Å²) in [5, 5.41) is 3.86. The van der Waals surface area contributed by atoms with E-state index in [-0.39, 0.29) is 0 Å². The van der Waals surface area contributed by atoms with Gasteiger partial charge in [-0.15, -0.1) is 0 Å². The fourth-order valence-corrected chi connectivity index (χ4v) is 3.62. The molecule has 0 spiro atoms. The Balaban J connectivity index is 1.55. The number of hydrogen-bond donors (Lipinski definition) is 2. The fraction of sp³-hybridized carbons (Fsp3) is 1.00. The van der Waals surface area contributed by atoms with Gasteiger partial charge in [-0.1, -0.05) is 0 Å². The van der Waals surface area contributed by atoms with Gasteiger partial charge in [0.1, 0.15) is 0 Å². The van der Waals surface area contributed by atoms with E-state index in [4.69, 9.17) is 5.73 Å². The van der Waals surface area contributed by atoms with E-state index in [0.29, 0.717) is 12.1 Å². The van der Waals surface area contributed by atoms with Crippen LogP contribution >= 0.6 is 0 Å². The number of nitrogens with two attached hydrogens (primary N) is 1. The molecule has 0 aromatic heterocycles. The van der Waals surface area contributed by atoms with E-state index in [2.05, 4.69) is 10.2 Å². The first-order valence-corrected chi connectivity index (χ1v) is 6.55. The van der Waals surface area contributed by atoms with Crippen LogP contribution in [0.3, 0.4) is 0 Å². The maximum atomic E-state index is 5.96. The van der Waals surface area contributed by atoms with Crippen molar-refractivity contribution in [2.75, 3.05) is 19.6 Å². The van der Waals surface area contributed by atoms with Crippen molar-refractivity contribution < 1.29 is 0 Å². The SMILES string of the molecule is NC1CCC(NC2CN3CCC2CC3)C1. The number of nitrogens with zero attached hydrogens (tertiary/aromatic N) is 1. The molecule has 3 saturated heterocycles. The summed E-state index contributed by atoms with van der Waals surface area (Å²) < 4.78 is 0. The highest BCUT2D eigenvalue weighted by Crippen LogP contribution is 2.29. The monoisotopic (exact) mass is 209 g/mol. The largest absolute Gasteiger partial charge is 0.328 e. The molecule has 0 aromatic carbocycles. The highest BCUT2D eigenvalue weighted by atomic mass is 15.2. The topological polar surface area (TPSA) is 41.3 Å². The van der Waals surface area contributed by atoms with Crippen LogP contribution in [-0.2, 0) is 0 Å². The molecule has 86 valence electrons. The molecule has 3 nitrogen and oxygen atoms in total. The molecule has 4 rings (SSSR count). The van der Waals surface area contributed by atoms with Gasteiger partial charge < -0.3 is 16.0 Å². The van der Waals surface area contributed by atoms with Crippen LogP contribution in [0.4, 0.5) is 0 Å². The highest BCUT2D eigenvalue weighted by molar-refractivity contribution is 4.94. The van der Waals surface area contributed by atoms with Crippen molar-refractivity contribution in [3.8, 4) is 0 Å². The maximum absolute atomic E-state index is 5.96. The molecule has 3 heteroatoms. The van der Waals surface area contributed by atoms with Gasteiger partial charge in [-0.3, -0.25) is 0 Å². The van der Waals surface area contributed by atoms with Crippen molar-refractivity contribution in [1.29, 1.82) is 0 Å². The van der Waals surface area contributed by atoms with E-state index in [0.717, 1.165) is 12.0 Å². The Morgan fingerprint density at radius 2 is 1.87 bits per heavy atom. The molecule has 1 saturated carbocycles. The van der Waals surface area contributed by atoms with Crippen LogP contribution in [0.25, 0.3) is 0 Å². The van der Waals surface area contributed by atoms with Crippen LogP contribution in [0, 0.1) is 5.92 Å². The minimum Gasteiger partial charge on any atom is -0.328 e. The van der Waals surface area contributed by atoms with Gasteiger partial charge in [-0.2, -0.15) is 0 Å². The van der Waals surface area contributed by atoms with E-state index in [1.165, 1.54) is 51.7 Å². The molecule has 2 bridgehead atoms. The van der Waals surface area contributed by atoms with Crippen molar-refractivity contribution in [3.63, 3.8) is 0 Å². The third kappa shape index (κ3) is 2.05. The lowest BCUT2D eigenvalue weighted by molar-refractivity contribution is 0.0673. The fourth-order valence-electron chi connectivity index (χ4n) is 3.62. The summed E-state index contributed by atoms with van der Waals surface area (Å²) in [6.45, 7) is 3.97. The number of hydrogen-bond acceptors (Lipinski definition) is 3. The lowest BCUT2D eigenvalue weighted by Crippen LogP contribution is -2.57. The molecule has 3 unspecified atom stereocenters. The van der Waals surface area contributed by atoms with Crippen molar-refractivity contribution in [3.05, 3.63) is 0 Å². The first-order chi connectivity index (χ1) is 7.31. The van der Waals surface area contributed by atoms with E-state index >= 15 is 0 Å². The normalized spacial score (nSPS) is 49.8. The molecule has 0 radical (unpaired) electrons. The molecule has 3 heterocycles. The summed E-state index contributed by atoms with van der Waals surface area (Å²) in [6, 6.07) is 1.94. The number of piperidine rings is 3. The van der Waals surface area contributed by atoms with Crippen molar-refractivity contribution in [2.24, 2.45) is 11.7 Å². The summed E-state index contributed by atoms with van der Waals surface area (Å²) in [6.07, 6.45) is 6.54. The quantitative estimate of drug-likeness (QED) is 0.698. The third-order valence-electron chi connectivity index (χ3n) is 4.58. The Labute approximate surface area is 92.4 Å². The molecule has 3 N–H and O–H groups in total. The molecule has 3 aliphatic heterocycles. The van der Waals surface area contributed by atoms with Gasteiger partial charge >= 0.3 is 0 Å². The Morgan fingerprint density at radius 1 is 1.07 bits per heavy atom. The minimum atomic E-state index is 0.462. The Hall–Kier alpha value is -0.120. The van der Waals surface area contributed by atoms with Crippen LogP contribution in [0.15, 0.2) is 0 Å². The molecule has 4 fully saturated rings. The second-order valence-corrected chi connectivity index (χ2v) is 5.68. The average Bonchev–Trinajstić information content (AvgIpc) is 2.66. The van der Waals surface area contributed by atoms with Gasteiger partial charge in [-0.05, 0) is 51.1 Å². The standard InChI is InChI=1S/C12H23N3/c13-10-1-2-11(7-10)14-12-8-15-5-3-9(12)4-6-15/h9-12,14H,1-8,13H2. The summed E-state index contributed by atoms with van der Waals surface area (Å²) in [7, 11) is 0. The van der Waals surface area contributed by atoms with Crippen LogP contribution in [0.5, 0.6) is 0 Å². The van der Waals surface area contributed by atoms with Gasteiger partial charge in [0.2, 0.25) is 0 Å². The second kappa shape index (κ2) is 4.04. The summed E-state index contributed by atoms with van der Waals surface area (Å²) in [5.74, 6) is 0.951. The minimum absolute atomic E-state index is 0.462. The Morgan fingerprint density at radius 3 is 2.40 bits per heavy atom. The summed E-state index contributed by atoms with van der Waals surface area (Å²) >= 11 is 0. The zero-order valence-corrected chi connectivity index (χ0v) is 9.49. The van der Waals surface area contributed by atoms with E-state index in [9.17, 15) is 0 Å². The molecular weight excluding hydrogens is 186 g/mol. The molecule has 4 aliphatic rings. The van der Waals surface area contributed by atoms with Crippen molar-refractivity contribution >= 4 is 0 Å². The van der Waals surface area contributed by atoms with Crippen LogP contribution in [0.2, 0.25) is 0 Å². The van der Waals surface area contributed by atoms with E-state index in [1.807, 2.05) is 0 Å². The van der Waals surface area contributed by atoms with Gasteiger partial charge in [0.05, 0.1) is 0 Å². The highest BCUT2D eigenvalue weighted by Gasteiger charge is 2.35. The first kappa shape index (κ1) is 10.1. The zero-order valence-electron chi connectivity index (χ0n) is 9.49. The number of rotatable bonds is 2. The average molecular weight is 209 g/mol. The number of fused-ring (bicyclic) bond motifs is 3. The molecule has 0 aromatic rings. The van der Waals surface area contributed by atoms with Crippen LogP contribution in [-0.4, -0.2) is 42.7 Å². The third-order valence-corrected chi connectivity index (χ3v) is 4.58. The van der Waals surface area contributed by atoms with Gasteiger partial charge in [0, 0.05) is 24.7 Å². The maximum Gasteiger partial charge on any atom is 0.0226 e. The van der Waals surface area contributed by atoms with E-state index in [1.54, 1.807) is 0 Å². The smallest absolute Gasteiger partial charge is 0.0226 e. The molecule has 1 aliphatic carbocycles. The van der Waals surface area contributed by atoms with Gasteiger partial charge in [0.15, 0.2) is 0 Å². The van der Waals surface area contributed by atoms with E-state index < -0.39 is 0 Å². The van der Waals surface area contributed by atoms with Crippen LogP contribution in [0.1, 0.15) is 32.1 Å². The Kier molecular flexibility index (Phi) is 2.71. The number of nitrogens with one attached hydrogen (secondary N) is 1. The van der Waals surface area contributed by atoms with Gasteiger partial charge in [-0.25, -0.2) is 0 Å². The lowest BCUT2D eigenvalue weighted by Gasteiger charge is -2.46. The predicted molar refractivity (Wildman–Crippen MR) is 61.7 cm³/mol. The second-order valence-electron chi connectivity index (χ2n) is 5.68. The molecule has 3 atom stereocenters. The summed E-state index contributed by atoms with van der Waals surface area (Å²) in [4.78, 5) is 2.62. The van der Waals surface area contributed by atoms with Crippen LogP contribution < -0.4 is 11.1 Å². The van der Waals surface area contributed by atoms with Crippen molar-refractivity contribution in [2.45, 2.75) is 50.2 Å². The summed E-state index contributed by atoms with van der Waals surface area (Å²) in [5.41, 5.74) is 5.96. The predicted octanol–water partition coefficient (Wildman–Crippen LogP) is 0.550. The lowest BCUT2D eigenvalue weighted by atomic mass is 9.83. The van der Waals surface area contributed by atoms with Gasteiger partial charge in [0.25, 0.3) is 0 Å². The molecular formula is C12H23N3. The zero-order chi connectivity index (χ0) is 10.3. The molecule has 15 heavy (non-hydrogen) atoms.